The van der Waals surface area contributed by atoms with Crippen LogP contribution in [0.2, 0.25) is 0 Å². The Morgan fingerprint density at radius 1 is 1.35 bits per heavy atom. The maximum Gasteiger partial charge on any atom is 0.314 e. The van der Waals surface area contributed by atoms with Gasteiger partial charge >= 0.3 is 5.91 Å². The minimum absolute atomic E-state index is 0.0733. The van der Waals surface area contributed by atoms with E-state index >= 15 is 0 Å². The van der Waals surface area contributed by atoms with Crippen LogP contribution in [0.3, 0.4) is 0 Å². The second kappa shape index (κ2) is 5.16. The fourth-order valence-corrected chi connectivity index (χ4v) is 2.45. The average molecular weight is 275 g/mol. The molecule has 106 valence electrons. The monoisotopic (exact) mass is 275 g/mol. The number of rotatable bonds is 3. The van der Waals surface area contributed by atoms with Crippen LogP contribution in [-0.2, 0) is 4.84 Å². The summed E-state index contributed by atoms with van der Waals surface area (Å²) in [5.41, 5.74) is 4.16. The molecule has 0 unspecified atom stereocenters. The third-order valence-corrected chi connectivity index (χ3v) is 3.44. The normalized spacial score (nSPS) is 15.9. The van der Waals surface area contributed by atoms with E-state index in [4.69, 9.17) is 4.84 Å². The van der Waals surface area contributed by atoms with Crippen molar-refractivity contribution in [3.8, 4) is 0 Å². The molecule has 1 fully saturated rings. The van der Waals surface area contributed by atoms with E-state index < -0.39 is 5.91 Å². The lowest BCUT2D eigenvalue weighted by Crippen LogP contribution is -2.29. The van der Waals surface area contributed by atoms with Gasteiger partial charge in [-0.05, 0) is 32.8 Å². The third-order valence-electron chi connectivity index (χ3n) is 3.44. The predicted molar refractivity (Wildman–Crippen MR) is 71.1 cm³/mol. The molecule has 1 aliphatic carbocycles. The van der Waals surface area contributed by atoms with Gasteiger partial charge in [0.05, 0.1) is 6.10 Å². The van der Waals surface area contributed by atoms with Crippen LogP contribution in [0.15, 0.2) is 6.07 Å². The van der Waals surface area contributed by atoms with Crippen LogP contribution in [0.25, 0.3) is 5.78 Å². The predicted octanol–water partition coefficient (Wildman–Crippen LogP) is 1.35. The summed E-state index contributed by atoms with van der Waals surface area (Å²) >= 11 is 0. The van der Waals surface area contributed by atoms with E-state index in [1.807, 2.05) is 19.9 Å². The Kier molecular flexibility index (Phi) is 3.35. The van der Waals surface area contributed by atoms with Crippen molar-refractivity contribution in [2.45, 2.75) is 45.6 Å². The fourth-order valence-electron chi connectivity index (χ4n) is 2.45. The zero-order valence-electron chi connectivity index (χ0n) is 11.6. The first-order valence-corrected chi connectivity index (χ1v) is 6.80. The zero-order valence-corrected chi connectivity index (χ0v) is 11.6. The topological polar surface area (TPSA) is 81.4 Å². The number of carbonyl (C=O) groups excluding carboxylic acids is 1. The molecule has 1 N–H and O–H groups in total. The van der Waals surface area contributed by atoms with Crippen molar-refractivity contribution in [1.82, 2.24) is 25.1 Å². The molecule has 1 amide bonds. The van der Waals surface area contributed by atoms with E-state index in [0.717, 1.165) is 37.1 Å². The van der Waals surface area contributed by atoms with Gasteiger partial charge in [-0.2, -0.15) is 4.98 Å². The number of hydrogen-bond donors (Lipinski definition) is 1. The standard InChI is InChI=1S/C13H17N5O2/c1-8-7-9(2)18-13(14-8)15-11(16-18)12(19)17-20-10-5-3-4-6-10/h7,10H,3-6H2,1-2H3,(H,17,19). The van der Waals surface area contributed by atoms with Crippen LogP contribution >= 0.6 is 0 Å². The molecule has 0 bridgehead atoms. The smallest absolute Gasteiger partial charge is 0.270 e. The fraction of sp³-hybridized carbons (Fsp3) is 0.538. The Hall–Kier alpha value is -2.02. The number of aromatic nitrogens is 4. The highest BCUT2D eigenvalue weighted by molar-refractivity contribution is 5.89. The summed E-state index contributed by atoms with van der Waals surface area (Å²) in [6.07, 6.45) is 4.38. The Morgan fingerprint density at radius 3 is 2.85 bits per heavy atom. The molecule has 0 aromatic carbocycles. The number of carbonyl (C=O) groups is 1. The summed E-state index contributed by atoms with van der Waals surface area (Å²) in [7, 11) is 0. The van der Waals surface area contributed by atoms with Gasteiger partial charge in [0, 0.05) is 11.4 Å². The van der Waals surface area contributed by atoms with Gasteiger partial charge in [0.2, 0.25) is 5.82 Å². The van der Waals surface area contributed by atoms with Crippen molar-refractivity contribution in [2.24, 2.45) is 0 Å². The van der Waals surface area contributed by atoms with Crippen molar-refractivity contribution in [1.29, 1.82) is 0 Å². The van der Waals surface area contributed by atoms with Crippen LogP contribution < -0.4 is 5.48 Å². The van der Waals surface area contributed by atoms with Crippen molar-refractivity contribution < 1.29 is 9.63 Å². The molecule has 2 aromatic rings. The van der Waals surface area contributed by atoms with Gasteiger partial charge in [0.25, 0.3) is 5.78 Å². The number of fused-ring (bicyclic) bond motifs is 1. The molecule has 0 spiro atoms. The summed E-state index contributed by atoms with van der Waals surface area (Å²) < 4.78 is 1.55. The number of amides is 1. The average Bonchev–Trinajstić information content (AvgIpc) is 3.04. The highest BCUT2D eigenvalue weighted by Gasteiger charge is 2.19. The summed E-state index contributed by atoms with van der Waals surface area (Å²) in [5.74, 6) is 0.0668. The zero-order chi connectivity index (χ0) is 14.1. The highest BCUT2D eigenvalue weighted by atomic mass is 16.7. The Morgan fingerprint density at radius 2 is 2.10 bits per heavy atom. The van der Waals surface area contributed by atoms with Crippen LogP contribution in [-0.4, -0.2) is 31.6 Å². The van der Waals surface area contributed by atoms with Gasteiger partial charge in [-0.15, -0.1) is 5.10 Å². The minimum Gasteiger partial charge on any atom is -0.270 e. The molecule has 0 aliphatic heterocycles. The molecule has 2 heterocycles. The van der Waals surface area contributed by atoms with Crippen LogP contribution in [0.4, 0.5) is 0 Å². The maximum atomic E-state index is 12.0. The lowest BCUT2D eigenvalue weighted by Gasteiger charge is -2.09. The number of nitrogens with one attached hydrogen (secondary N) is 1. The molecule has 2 aromatic heterocycles. The van der Waals surface area contributed by atoms with Gasteiger partial charge in [-0.1, -0.05) is 12.8 Å². The number of nitrogens with zero attached hydrogens (tertiary/aromatic N) is 4. The van der Waals surface area contributed by atoms with E-state index in [1.165, 1.54) is 0 Å². The van der Waals surface area contributed by atoms with Crippen LogP contribution in [0.1, 0.15) is 47.7 Å². The second-order valence-electron chi connectivity index (χ2n) is 5.14. The van der Waals surface area contributed by atoms with Crippen molar-refractivity contribution in [3.63, 3.8) is 0 Å². The van der Waals surface area contributed by atoms with Crippen LogP contribution in [0, 0.1) is 13.8 Å². The Bertz CT molecular complexity index is 645. The van der Waals surface area contributed by atoms with E-state index in [2.05, 4.69) is 20.5 Å². The van der Waals surface area contributed by atoms with Gasteiger partial charge in [0.1, 0.15) is 0 Å². The SMILES string of the molecule is Cc1cc(C)n2nc(C(=O)NOC3CCCC3)nc2n1. The molecule has 3 rings (SSSR count). The summed E-state index contributed by atoms with van der Waals surface area (Å²) in [4.78, 5) is 25.7. The maximum absolute atomic E-state index is 12.0. The molecule has 20 heavy (non-hydrogen) atoms. The lowest BCUT2D eigenvalue weighted by molar-refractivity contribution is -0.0130. The first-order valence-electron chi connectivity index (χ1n) is 6.80. The lowest BCUT2D eigenvalue weighted by atomic mass is 10.3. The van der Waals surface area contributed by atoms with Gasteiger partial charge in [-0.25, -0.2) is 15.0 Å². The molecule has 1 saturated carbocycles. The second-order valence-corrected chi connectivity index (χ2v) is 5.14. The van der Waals surface area contributed by atoms with Gasteiger partial charge in [0.15, 0.2) is 0 Å². The first-order chi connectivity index (χ1) is 9.63. The van der Waals surface area contributed by atoms with E-state index in [9.17, 15) is 4.79 Å². The number of aryl methyl sites for hydroxylation is 2. The molecule has 7 heteroatoms. The molecule has 0 radical (unpaired) electrons. The Balaban J connectivity index is 1.75. The number of hydroxylamine groups is 1. The van der Waals surface area contributed by atoms with Crippen LogP contribution in [0.5, 0.6) is 0 Å². The first kappa shape index (κ1) is 13.0. The van der Waals surface area contributed by atoms with E-state index in [1.54, 1.807) is 4.52 Å². The molecular weight excluding hydrogens is 258 g/mol. The quantitative estimate of drug-likeness (QED) is 0.855. The largest absolute Gasteiger partial charge is 0.314 e. The highest BCUT2D eigenvalue weighted by Crippen LogP contribution is 2.19. The van der Waals surface area contributed by atoms with Gasteiger partial charge in [-0.3, -0.25) is 9.63 Å². The Labute approximate surface area is 116 Å². The summed E-state index contributed by atoms with van der Waals surface area (Å²) in [6, 6.07) is 1.89. The minimum atomic E-state index is -0.431. The molecule has 0 atom stereocenters. The molecule has 1 aliphatic rings. The third kappa shape index (κ3) is 2.49. The molecule has 0 saturated heterocycles. The van der Waals surface area contributed by atoms with E-state index in [-0.39, 0.29) is 11.9 Å². The number of hydrogen-bond acceptors (Lipinski definition) is 5. The van der Waals surface area contributed by atoms with Crippen molar-refractivity contribution in [2.75, 3.05) is 0 Å². The molecular formula is C13H17N5O2. The van der Waals surface area contributed by atoms with E-state index in [0.29, 0.717) is 5.78 Å². The molecule has 7 nitrogen and oxygen atoms in total. The summed E-state index contributed by atoms with van der Waals surface area (Å²) in [6.45, 7) is 3.78. The van der Waals surface area contributed by atoms with Crippen molar-refractivity contribution in [3.05, 3.63) is 23.3 Å². The summed E-state index contributed by atoms with van der Waals surface area (Å²) in [5, 5.41) is 4.15. The van der Waals surface area contributed by atoms with Crippen molar-refractivity contribution >= 4 is 11.7 Å². The van der Waals surface area contributed by atoms with Gasteiger partial charge < -0.3 is 0 Å².